The van der Waals surface area contributed by atoms with Gasteiger partial charge in [-0.1, -0.05) is 35.2 Å². The first kappa shape index (κ1) is 10.7. The molecule has 0 N–H and O–H groups in total. The van der Waals surface area contributed by atoms with Gasteiger partial charge in [0.2, 0.25) is 4.96 Å². The molecule has 0 saturated heterocycles. The van der Waals surface area contributed by atoms with Crippen molar-refractivity contribution in [3.8, 4) is 0 Å². The highest BCUT2D eigenvalue weighted by Gasteiger charge is 2.12. The Kier molecular flexibility index (Phi) is 2.60. The first-order valence-corrected chi connectivity index (χ1v) is 6.91. The number of fused-ring (bicyclic) bond motifs is 3. The minimum atomic E-state index is 0.145. The Hall–Kier alpha value is -1.40. The number of carbonyl (C=O) groups excluding carboxylic acids is 1. The summed E-state index contributed by atoms with van der Waals surface area (Å²) < 4.78 is 3.19. The molecule has 17 heavy (non-hydrogen) atoms. The van der Waals surface area contributed by atoms with Crippen molar-refractivity contribution >= 4 is 44.1 Å². The highest BCUT2D eigenvalue weighted by Crippen LogP contribution is 2.29. The van der Waals surface area contributed by atoms with Crippen LogP contribution in [0.3, 0.4) is 0 Å². The van der Waals surface area contributed by atoms with Gasteiger partial charge in [-0.3, -0.25) is 9.20 Å². The van der Waals surface area contributed by atoms with Crippen LogP contribution in [0.5, 0.6) is 0 Å². The fourth-order valence-electron chi connectivity index (χ4n) is 1.62. The molecule has 1 aromatic carbocycles. The molecule has 0 aliphatic heterocycles. The zero-order valence-corrected chi connectivity index (χ0v) is 10.7. The lowest BCUT2D eigenvalue weighted by atomic mass is 10.3. The lowest BCUT2D eigenvalue weighted by molar-refractivity contribution is -0.114. The third kappa shape index (κ3) is 1.83. The Labute approximate surface area is 106 Å². The molecule has 0 atom stereocenters. The minimum Gasteiger partial charge on any atom is -0.299 e. The van der Waals surface area contributed by atoms with Crippen molar-refractivity contribution in [2.24, 2.45) is 0 Å². The molecule has 2 aromatic heterocycles. The largest absolute Gasteiger partial charge is 0.299 e. The summed E-state index contributed by atoms with van der Waals surface area (Å²) in [5.41, 5.74) is 1.10. The van der Waals surface area contributed by atoms with Crippen LogP contribution in [0.1, 0.15) is 6.92 Å². The molecule has 0 radical (unpaired) electrons. The molecule has 2 heterocycles. The zero-order chi connectivity index (χ0) is 11.8. The maximum atomic E-state index is 11.0. The Morgan fingerprint density at radius 1 is 1.41 bits per heavy atom. The number of benzene rings is 1. The Balaban J connectivity index is 2.15. The second-order valence-corrected chi connectivity index (χ2v) is 5.61. The monoisotopic (exact) mass is 263 g/mol. The smallest absolute Gasteiger partial charge is 0.217 e. The maximum Gasteiger partial charge on any atom is 0.217 e. The van der Waals surface area contributed by atoms with Gasteiger partial charge in [0, 0.05) is 0 Å². The van der Waals surface area contributed by atoms with E-state index in [0.29, 0.717) is 5.75 Å². The number of hydrogen-bond acceptors (Lipinski definition) is 5. The van der Waals surface area contributed by atoms with Crippen LogP contribution in [-0.2, 0) is 4.79 Å². The number of aromatic nitrogens is 3. The fourth-order valence-corrected chi connectivity index (χ4v) is 3.38. The molecule has 0 aliphatic carbocycles. The topological polar surface area (TPSA) is 47.3 Å². The summed E-state index contributed by atoms with van der Waals surface area (Å²) in [4.78, 5) is 11.9. The zero-order valence-electron chi connectivity index (χ0n) is 9.08. The van der Waals surface area contributed by atoms with Crippen LogP contribution in [0.15, 0.2) is 29.4 Å². The number of thioether (sulfide) groups is 1. The molecule has 6 heteroatoms. The number of carbonyl (C=O) groups is 1. The molecule has 86 valence electrons. The van der Waals surface area contributed by atoms with E-state index in [2.05, 4.69) is 16.3 Å². The van der Waals surface area contributed by atoms with E-state index in [9.17, 15) is 4.79 Å². The quantitative estimate of drug-likeness (QED) is 0.681. The number of hydrogen-bond donors (Lipinski definition) is 0. The summed E-state index contributed by atoms with van der Waals surface area (Å²) in [7, 11) is 0. The molecule has 0 unspecified atom stereocenters. The van der Waals surface area contributed by atoms with Crippen LogP contribution in [0.4, 0.5) is 0 Å². The highest BCUT2D eigenvalue weighted by atomic mass is 32.2. The highest BCUT2D eigenvalue weighted by molar-refractivity contribution is 7.99. The van der Waals surface area contributed by atoms with Gasteiger partial charge in [0.25, 0.3) is 0 Å². The van der Waals surface area contributed by atoms with Gasteiger partial charge in [0.15, 0.2) is 5.16 Å². The van der Waals surface area contributed by atoms with E-state index >= 15 is 0 Å². The molecule has 0 amide bonds. The van der Waals surface area contributed by atoms with E-state index in [4.69, 9.17) is 0 Å². The number of thiazole rings is 1. The van der Waals surface area contributed by atoms with Crippen molar-refractivity contribution in [3.63, 3.8) is 0 Å². The molecule has 0 bridgehead atoms. The van der Waals surface area contributed by atoms with Crippen molar-refractivity contribution < 1.29 is 4.79 Å². The van der Waals surface area contributed by atoms with Gasteiger partial charge < -0.3 is 0 Å². The van der Waals surface area contributed by atoms with E-state index in [1.54, 1.807) is 18.3 Å². The van der Waals surface area contributed by atoms with Crippen molar-refractivity contribution in [2.45, 2.75) is 12.1 Å². The number of para-hydroxylation sites is 1. The molecular formula is C11H9N3OS2. The Morgan fingerprint density at radius 3 is 3.06 bits per heavy atom. The van der Waals surface area contributed by atoms with Crippen LogP contribution < -0.4 is 0 Å². The summed E-state index contributed by atoms with van der Waals surface area (Å²) in [5.74, 6) is 0.580. The van der Waals surface area contributed by atoms with Crippen molar-refractivity contribution in [1.82, 2.24) is 14.6 Å². The predicted octanol–water partition coefficient (Wildman–Crippen LogP) is 2.63. The SMILES string of the molecule is CC(=O)CSc1nnc2sc3ccccc3n12. The maximum absolute atomic E-state index is 11.0. The first-order valence-electron chi connectivity index (χ1n) is 5.10. The third-order valence-corrected chi connectivity index (χ3v) is 4.40. The number of ketones is 1. The molecular weight excluding hydrogens is 254 g/mol. The summed E-state index contributed by atoms with van der Waals surface area (Å²) >= 11 is 3.04. The van der Waals surface area contributed by atoms with Gasteiger partial charge in [0.1, 0.15) is 5.78 Å². The minimum absolute atomic E-state index is 0.145. The average molecular weight is 263 g/mol. The van der Waals surface area contributed by atoms with E-state index in [1.807, 2.05) is 22.6 Å². The average Bonchev–Trinajstić information content (AvgIpc) is 2.84. The van der Waals surface area contributed by atoms with E-state index in [0.717, 1.165) is 15.6 Å². The van der Waals surface area contributed by atoms with Crippen LogP contribution in [0.25, 0.3) is 15.2 Å². The van der Waals surface area contributed by atoms with Gasteiger partial charge >= 0.3 is 0 Å². The lowest BCUT2D eigenvalue weighted by Gasteiger charge is -1.96. The summed E-state index contributed by atoms with van der Waals surface area (Å²) in [6.45, 7) is 1.58. The van der Waals surface area contributed by atoms with Gasteiger partial charge in [-0.2, -0.15) is 0 Å². The predicted molar refractivity (Wildman–Crippen MR) is 69.8 cm³/mol. The van der Waals surface area contributed by atoms with Crippen LogP contribution in [-0.4, -0.2) is 26.1 Å². The van der Waals surface area contributed by atoms with Gasteiger partial charge in [-0.25, -0.2) is 0 Å². The van der Waals surface area contributed by atoms with Crippen molar-refractivity contribution in [2.75, 3.05) is 5.75 Å². The van der Waals surface area contributed by atoms with Crippen LogP contribution >= 0.6 is 23.1 Å². The van der Waals surface area contributed by atoms with E-state index in [-0.39, 0.29) is 5.78 Å². The van der Waals surface area contributed by atoms with Crippen LogP contribution in [0.2, 0.25) is 0 Å². The lowest BCUT2D eigenvalue weighted by Crippen LogP contribution is -1.95. The molecule has 4 nitrogen and oxygen atoms in total. The molecule has 0 aliphatic rings. The molecule has 3 aromatic rings. The van der Waals surface area contributed by atoms with Gasteiger partial charge in [-0.05, 0) is 19.1 Å². The normalized spacial score (nSPS) is 11.4. The molecule has 0 fully saturated rings. The van der Waals surface area contributed by atoms with Gasteiger partial charge in [-0.15, -0.1) is 10.2 Å². The van der Waals surface area contributed by atoms with Gasteiger partial charge in [0.05, 0.1) is 16.0 Å². The molecule has 0 spiro atoms. The van der Waals surface area contributed by atoms with E-state index in [1.165, 1.54) is 16.5 Å². The summed E-state index contributed by atoms with van der Waals surface area (Å²) in [6.07, 6.45) is 0. The Morgan fingerprint density at radius 2 is 2.24 bits per heavy atom. The fraction of sp³-hybridized carbons (Fsp3) is 0.182. The van der Waals surface area contributed by atoms with Crippen LogP contribution in [0, 0.1) is 0 Å². The first-order chi connectivity index (χ1) is 8.25. The third-order valence-electron chi connectivity index (χ3n) is 2.32. The van der Waals surface area contributed by atoms with Crippen molar-refractivity contribution in [3.05, 3.63) is 24.3 Å². The second-order valence-electron chi connectivity index (χ2n) is 3.66. The summed E-state index contributed by atoms with van der Waals surface area (Å²) in [6, 6.07) is 8.11. The summed E-state index contributed by atoms with van der Waals surface area (Å²) in [5, 5.41) is 9.03. The Bertz CT molecular complexity index is 701. The molecule has 3 rings (SSSR count). The molecule has 0 saturated carbocycles. The number of rotatable bonds is 3. The number of Topliss-reactive ketones (excluding diaryl/α,β-unsaturated/α-hetero) is 1. The second kappa shape index (κ2) is 4.12. The number of nitrogens with zero attached hydrogens (tertiary/aromatic N) is 3. The van der Waals surface area contributed by atoms with E-state index < -0.39 is 0 Å². The standard InChI is InChI=1S/C11H9N3OS2/c1-7(15)6-16-10-12-13-11-14(10)8-4-2-3-5-9(8)17-11/h2-5H,6H2,1H3. The van der Waals surface area contributed by atoms with Crippen molar-refractivity contribution in [1.29, 1.82) is 0 Å².